The molecule has 2 bridgehead atoms. The highest BCUT2D eigenvalue weighted by atomic mass is 19.4. The lowest BCUT2D eigenvalue weighted by molar-refractivity contribution is -0.140. The molecule has 1 aromatic heterocycles. The average Bonchev–Trinajstić information content (AvgIpc) is 2.99. The molecule has 2 aliphatic heterocycles. The van der Waals surface area contributed by atoms with Crippen molar-refractivity contribution in [1.29, 1.82) is 0 Å². The molecule has 21 heavy (non-hydrogen) atoms. The molecule has 2 fully saturated rings. The van der Waals surface area contributed by atoms with Crippen LogP contribution in [0, 0.1) is 11.7 Å². The molecule has 0 spiro atoms. The second-order valence-corrected chi connectivity index (χ2v) is 5.44. The molecule has 2 aliphatic rings. The number of piperidine rings is 1. The molecular formula is C13H13F4N3O. The van der Waals surface area contributed by atoms with Crippen molar-refractivity contribution in [1.82, 2.24) is 15.2 Å². The first-order valence-electron chi connectivity index (χ1n) is 6.60. The third-order valence-corrected chi connectivity index (χ3v) is 4.04. The minimum atomic E-state index is -4.82. The van der Waals surface area contributed by atoms with Crippen molar-refractivity contribution in [2.24, 2.45) is 5.92 Å². The summed E-state index contributed by atoms with van der Waals surface area (Å²) in [5.74, 6) is -1.77. The van der Waals surface area contributed by atoms with Gasteiger partial charge in [0.1, 0.15) is 17.1 Å². The second kappa shape index (κ2) is 4.94. The van der Waals surface area contributed by atoms with Crippen LogP contribution in [-0.4, -0.2) is 41.5 Å². The van der Waals surface area contributed by atoms with E-state index in [0.29, 0.717) is 18.2 Å². The maximum atomic E-state index is 13.4. The summed E-state index contributed by atoms with van der Waals surface area (Å²) in [5.41, 5.74) is -1.80. The summed E-state index contributed by atoms with van der Waals surface area (Å²) >= 11 is 0. The molecule has 1 aromatic rings. The fourth-order valence-corrected chi connectivity index (χ4v) is 2.95. The van der Waals surface area contributed by atoms with Crippen molar-refractivity contribution in [3.63, 3.8) is 0 Å². The summed E-state index contributed by atoms with van der Waals surface area (Å²) < 4.78 is 50.7. The summed E-state index contributed by atoms with van der Waals surface area (Å²) in [6, 6.07) is 0.490. The van der Waals surface area contributed by atoms with Crippen LogP contribution < -0.4 is 5.32 Å². The van der Waals surface area contributed by atoms with E-state index in [-0.39, 0.29) is 11.7 Å². The molecule has 1 amide bonds. The van der Waals surface area contributed by atoms with Crippen molar-refractivity contribution < 1.29 is 22.4 Å². The Balaban J connectivity index is 1.72. The summed E-state index contributed by atoms with van der Waals surface area (Å²) in [5, 5.41) is 2.72. The number of halogens is 4. The number of hydrogen-bond donors (Lipinski definition) is 1. The smallest absolute Gasteiger partial charge is 0.346 e. The number of fused-ring (bicyclic) bond motifs is 2. The fraction of sp³-hybridized carbons (Fsp3) is 0.538. The SMILES string of the molecule is O=C(NC1CN2CC[C@H]1C2)c1cc(F)c(C(F)(F)F)cn1. The van der Waals surface area contributed by atoms with Crippen LogP contribution in [0.5, 0.6) is 0 Å². The molecule has 114 valence electrons. The van der Waals surface area contributed by atoms with Crippen LogP contribution in [0.15, 0.2) is 12.3 Å². The van der Waals surface area contributed by atoms with Crippen LogP contribution >= 0.6 is 0 Å². The second-order valence-electron chi connectivity index (χ2n) is 5.44. The van der Waals surface area contributed by atoms with E-state index < -0.39 is 23.5 Å². The Hall–Kier alpha value is -1.70. The van der Waals surface area contributed by atoms with Crippen LogP contribution in [-0.2, 0) is 6.18 Å². The highest BCUT2D eigenvalue weighted by Crippen LogP contribution is 2.31. The van der Waals surface area contributed by atoms with E-state index in [2.05, 4.69) is 15.2 Å². The van der Waals surface area contributed by atoms with Crippen molar-refractivity contribution >= 4 is 5.91 Å². The first-order chi connectivity index (χ1) is 9.84. The Bertz CT molecular complexity index is 575. The summed E-state index contributed by atoms with van der Waals surface area (Å²) in [6.45, 7) is 2.64. The predicted octanol–water partition coefficient (Wildman–Crippen LogP) is 1.67. The lowest BCUT2D eigenvalue weighted by Crippen LogP contribution is -2.43. The number of nitrogens with one attached hydrogen (secondary N) is 1. The molecule has 0 saturated carbocycles. The number of carbonyl (C=O) groups is 1. The number of rotatable bonds is 2. The first-order valence-corrected chi connectivity index (χ1v) is 6.60. The molecule has 0 aromatic carbocycles. The third kappa shape index (κ3) is 2.72. The molecule has 4 nitrogen and oxygen atoms in total. The number of hydrogen-bond acceptors (Lipinski definition) is 3. The molecule has 1 N–H and O–H groups in total. The Morgan fingerprint density at radius 1 is 1.38 bits per heavy atom. The zero-order chi connectivity index (χ0) is 15.2. The normalized spacial score (nSPS) is 27.9. The molecule has 3 atom stereocenters. The van der Waals surface area contributed by atoms with Crippen molar-refractivity contribution in [2.45, 2.75) is 18.6 Å². The number of pyridine rings is 1. The highest BCUT2D eigenvalue weighted by molar-refractivity contribution is 5.92. The van der Waals surface area contributed by atoms with Crippen molar-refractivity contribution in [3.05, 3.63) is 29.3 Å². The zero-order valence-corrected chi connectivity index (χ0v) is 11.0. The van der Waals surface area contributed by atoms with Crippen molar-refractivity contribution in [3.8, 4) is 0 Å². The number of amides is 1. The van der Waals surface area contributed by atoms with Gasteiger partial charge in [-0.1, -0.05) is 0 Å². The Morgan fingerprint density at radius 2 is 2.14 bits per heavy atom. The highest BCUT2D eigenvalue weighted by Gasteiger charge is 2.39. The van der Waals surface area contributed by atoms with Gasteiger partial charge >= 0.3 is 6.18 Å². The maximum Gasteiger partial charge on any atom is 0.420 e. The van der Waals surface area contributed by atoms with Gasteiger partial charge in [0.05, 0.1) is 0 Å². The van der Waals surface area contributed by atoms with Gasteiger partial charge in [-0.3, -0.25) is 9.78 Å². The van der Waals surface area contributed by atoms with Crippen LogP contribution in [0.2, 0.25) is 0 Å². The molecule has 0 radical (unpaired) electrons. The van der Waals surface area contributed by atoms with E-state index in [1.54, 1.807) is 0 Å². The van der Waals surface area contributed by atoms with Gasteiger partial charge in [0.15, 0.2) is 0 Å². The van der Waals surface area contributed by atoms with E-state index >= 15 is 0 Å². The number of carbonyl (C=O) groups excluding carboxylic acids is 1. The Morgan fingerprint density at radius 3 is 2.67 bits per heavy atom. The minimum absolute atomic E-state index is 0.0431. The van der Waals surface area contributed by atoms with Gasteiger partial charge in [0.2, 0.25) is 0 Å². The molecule has 0 aliphatic carbocycles. The first kappa shape index (κ1) is 14.2. The van der Waals surface area contributed by atoms with Gasteiger partial charge in [-0.05, 0) is 18.9 Å². The van der Waals surface area contributed by atoms with E-state index in [4.69, 9.17) is 0 Å². The molecule has 2 saturated heterocycles. The largest absolute Gasteiger partial charge is 0.420 e. The van der Waals surface area contributed by atoms with Gasteiger partial charge < -0.3 is 10.2 Å². The van der Waals surface area contributed by atoms with Crippen molar-refractivity contribution in [2.75, 3.05) is 19.6 Å². The van der Waals surface area contributed by atoms with Gasteiger partial charge in [-0.15, -0.1) is 0 Å². The van der Waals surface area contributed by atoms with Gasteiger partial charge in [-0.25, -0.2) is 4.39 Å². The van der Waals surface area contributed by atoms with Crippen LogP contribution in [0.1, 0.15) is 22.5 Å². The number of alkyl halides is 3. The van der Waals surface area contributed by atoms with Gasteiger partial charge in [-0.2, -0.15) is 13.2 Å². The summed E-state index contributed by atoms with van der Waals surface area (Å²) in [7, 11) is 0. The predicted molar refractivity (Wildman–Crippen MR) is 65.0 cm³/mol. The van der Waals surface area contributed by atoms with E-state index in [0.717, 1.165) is 26.1 Å². The van der Waals surface area contributed by atoms with Crippen LogP contribution in [0.25, 0.3) is 0 Å². The lowest BCUT2D eigenvalue weighted by atomic mass is 10.00. The zero-order valence-electron chi connectivity index (χ0n) is 11.0. The molecule has 3 heterocycles. The molecule has 2 unspecified atom stereocenters. The molecule has 8 heteroatoms. The van der Waals surface area contributed by atoms with Gasteiger partial charge in [0.25, 0.3) is 5.91 Å². The molecule has 3 rings (SSSR count). The Labute approximate surface area is 118 Å². The van der Waals surface area contributed by atoms with E-state index in [1.165, 1.54) is 0 Å². The average molecular weight is 303 g/mol. The third-order valence-electron chi connectivity index (χ3n) is 4.04. The minimum Gasteiger partial charge on any atom is -0.346 e. The summed E-state index contributed by atoms with van der Waals surface area (Å²) in [4.78, 5) is 17.6. The standard InChI is InChI=1S/C13H13F4N3O/c14-9-3-10(18-4-8(9)13(15,16)17)12(21)19-11-6-20-2-1-7(11)5-20/h3-4,7,11H,1-2,5-6H2,(H,19,21)/t7-,11?/m0/s1. The summed E-state index contributed by atoms with van der Waals surface area (Å²) in [6.07, 6.45) is -3.47. The van der Waals surface area contributed by atoms with Gasteiger partial charge in [0, 0.05) is 31.4 Å². The monoisotopic (exact) mass is 303 g/mol. The van der Waals surface area contributed by atoms with E-state index in [9.17, 15) is 22.4 Å². The fourth-order valence-electron chi connectivity index (χ4n) is 2.95. The van der Waals surface area contributed by atoms with Crippen LogP contribution in [0.4, 0.5) is 17.6 Å². The Kier molecular flexibility index (Phi) is 3.35. The topological polar surface area (TPSA) is 45.2 Å². The number of aromatic nitrogens is 1. The maximum absolute atomic E-state index is 13.4. The lowest BCUT2D eigenvalue weighted by Gasteiger charge is -2.23. The quantitative estimate of drug-likeness (QED) is 0.846. The van der Waals surface area contributed by atoms with E-state index in [1.807, 2.05) is 0 Å². The van der Waals surface area contributed by atoms with Crippen LogP contribution in [0.3, 0.4) is 0 Å². The molecular weight excluding hydrogens is 290 g/mol. The number of nitrogens with zero attached hydrogens (tertiary/aromatic N) is 2.